The molecule has 0 saturated heterocycles. The number of hydrogen-bond acceptors (Lipinski definition) is 4. The first-order valence-electron chi connectivity index (χ1n) is 4.14. The van der Waals surface area contributed by atoms with Gasteiger partial charge >= 0.3 is 0 Å². The van der Waals surface area contributed by atoms with Gasteiger partial charge in [-0.05, 0) is 35.0 Å². The zero-order valence-corrected chi connectivity index (χ0v) is 9.98. The fourth-order valence-corrected chi connectivity index (χ4v) is 2.07. The van der Waals surface area contributed by atoms with E-state index in [9.17, 15) is 0 Å². The number of aryl methyl sites for hydroxylation is 1. The van der Waals surface area contributed by atoms with Crippen LogP contribution in [0.5, 0.6) is 0 Å². The van der Waals surface area contributed by atoms with Crippen molar-refractivity contribution >= 4 is 32.4 Å². The van der Waals surface area contributed by atoms with Gasteiger partial charge in [-0.15, -0.1) is 11.3 Å². The standard InChI is InChI=1S/C9H9BrN2OS/c1-6-5-14-9(12-6)11-4-7-2-3-8(10)13-7/h2-3,5H,4H2,1H3,(H,11,12). The molecule has 5 heteroatoms. The molecular formula is C9H9BrN2OS. The highest BCUT2D eigenvalue weighted by atomic mass is 79.9. The van der Waals surface area contributed by atoms with Gasteiger partial charge in [0.25, 0.3) is 0 Å². The van der Waals surface area contributed by atoms with Gasteiger partial charge in [-0.3, -0.25) is 0 Å². The van der Waals surface area contributed by atoms with E-state index >= 15 is 0 Å². The average molecular weight is 273 g/mol. The van der Waals surface area contributed by atoms with Gasteiger partial charge in [-0.1, -0.05) is 0 Å². The summed E-state index contributed by atoms with van der Waals surface area (Å²) in [4.78, 5) is 4.29. The first kappa shape index (κ1) is 9.73. The summed E-state index contributed by atoms with van der Waals surface area (Å²) in [6, 6.07) is 3.81. The lowest BCUT2D eigenvalue weighted by Crippen LogP contribution is -1.97. The van der Waals surface area contributed by atoms with Crippen LogP contribution in [0, 0.1) is 6.92 Å². The van der Waals surface area contributed by atoms with Crippen LogP contribution in [0.1, 0.15) is 11.5 Å². The minimum Gasteiger partial charge on any atom is -0.452 e. The minimum absolute atomic E-state index is 0.665. The van der Waals surface area contributed by atoms with Gasteiger partial charge in [0.15, 0.2) is 9.80 Å². The fraction of sp³-hybridized carbons (Fsp3) is 0.222. The molecule has 0 aliphatic rings. The summed E-state index contributed by atoms with van der Waals surface area (Å²) in [5.74, 6) is 0.893. The Hall–Kier alpha value is -0.810. The molecule has 74 valence electrons. The molecule has 0 unspecified atom stereocenters. The highest BCUT2D eigenvalue weighted by Crippen LogP contribution is 2.18. The number of nitrogens with zero attached hydrogens (tertiary/aromatic N) is 1. The number of furan rings is 1. The summed E-state index contributed by atoms with van der Waals surface area (Å²) >= 11 is 4.86. The van der Waals surface area contributed by atoms with Crippen molar-refractivity contribution in [3.8, 4) is 0 Å². The summed E-state index contributed by atoms with van der Waals surface area (Å²) in [6.07, 6.45) is 0. The lowest BCUT2D eigenvalue weighted by atomic mass is 10.4. The second-order valence-electron chi connectivity index (χ2n) is 2.85. The van der Waals surface area contributed by atoms with E-state index in [4.69, 9.17) is 4.42 Å². The molecule has 0 spiro atoms. The molecule has 0 atom stereocenters. The third kappa shape index (κ3) is 2.36. The molecule has 3 nitrogen and oxygen atoms in total. The maximum Gasteiger partial charge on any atom is 0.183 e. The van der Waals surface area contributed by atoms with Gasteiger partial charge in [0.2, 0.25) is 0 Å². The molecule has 2 aromatic rings. The Morgan fingerprint density at radius 2 is 2.43 bits per heavy atom. The Balaban J connectivity index is 1.94. The van der Waals surface area contributed by atoms with Crippen LogP contribution < -0.4 is 5.32 Å². The number of thiazole rings is 1. The van der Waals surface area contributed by atoms with Gasteiger partial charge in [0.05, 0.1) is 12.2 Å². The van der Waals surface area contributed by atoms with Gasteiger partial charge in [0.1, 0.15) is 5.76 Å². The minimum atomic E-state index is 0.665. The number of nitrogens with one attached hydrogen (secondary N) is 1. The summed E-state index contributed by atoms with van der Waals surface area (Å²) in [6.45, 7) is 2.64. The Kier molecular flexibility index (Phi) is 2.88. The molecule has 1 N–H and O–H groups in total. The Morgan fingerprint density at radius 1 is 1.57 bits per heavy atom. The van der Waals surface area contributed by atoms with Crippen molar-refractivity contribution in [3.63, 3.8) is 0 Å². The fourth-order valence-electron chi connectivity index (χ4n) is 1.04. The van der Waals surface area contributed by atoms with Gasteiger partial charge in [-0.2, -0.15) is 0 Å². The van der Waals surface area contributed by atoms with E-state index < -0.39 is 0 Å². The Morgan fingerprint density at radius 3 is 3.00 bits per heavy atom. The topological polar surface area (TPSA) is 38.1 Å². The average Bonchev–Trinajstić information content (AvgIpc) is 2.72. The number of aromatic nitrogens is 1. The largest absolute Gasteiger partial charge is 0.452 e. The molecule has 0 amide bonds. The second kappa shape index (κ2) is 4.14. The van der Waals surface area contributed by atoms with Crippen molar-refractivity contribution in [3.05, 3.63) is 33.6 Å². The van der Waals surface area contributed by atoms with Crippen LogP contribution in [-0.4, -0.2) is 4.98 Å². The van der Waals surface area contributed by atoms with Crippen molar-refractivity contribution < 1.29 is 4.42 Å². The maximum atomic E-state index is 5.34. The summed E-state index contributed by atoms with van der Waals surface area (Å²) in [7, 11) is 0. The van der Waals surface area contributed by atoms with Crippen LogP contribution >= 0.6 is 27.3 Å². The van der Waals surface area contributed by atoms with Crippen LogP contribution in [0.4, 0.5) is 5.13 Å². The van der Waals surface area contributed by atoms with Crippen LogP contribution in [-0.2, 0) is 6.54 Å². The lowest BCUT2D eigenvalue weighted by Gasteiger charge is -1.97. The van der Waals surface area contributed by atoms with Gasteiger partial charge in [0, 0.05) is 5.38 Å². The summed E-state index contributed by atoms with van der Waals surface area (Å²) < 4.78 is 6.10. The molecule has 0 aliphatic carbocycles. The highest BCUT2D eigenvalue weighted by Gasteiger charge is 2.01. The predicted molar refractivity (Wildman–Crippen MR) is 60.6 cm³/mol. The van der Waals surface area contributed by atoms with E-state index in [2.05, 4.69) is 26.2 Å². The molecular weight excluding hydrogens is 264 g/mol. The Bertz CT molecular complexity index is 384. The molecule has 0 saturated carbocycles. The molecule has 0 radical (unpaired) electrons. The third-order valence-corrected chi connectivity index (χ3v) is 3.01. The first-order valence-corrected chi connectivity index (χ1v) is 5.81. The molecule has 2 aromatic heterocycles. The van der Waals surface area contributed by atoms with Crippen molar-refractivity contribution in [1.82, 2.24) is 4.98 Å². The van der Waals surface area contributed by atoms with Crippen molar-refractivity contribution in [2.45, 2.75) is 13.5 Å². The molecule has 0 bridgehead atoms. The van der Waals surface area contributed by atoms with E-state index in [0.717, 1.165) is 21.3 Å². The quantitative estimate of drug-likeness (QED) is 0.931. The third-order valence-electron chi connectivity index (χ3n) is 1.66. The van der Waals surface area contributed by atoms with Crippen molar-refractivity contribution in [2.24, 2.45) is 0 Å². The molecule has 2 rings (SSSR count). The zero-order chi connectivity index (χ0) is 9.97. The van der Waals surface area contributed by atoms with E-state index in [1.54, 1.807) is 11.3 Å². The highest BCUT2D eigenvalue weighted by molar-refractivity contribution is 9.10. The van der Waals surface area contributed by atoms with Gasteiger partial charge in [-0.25, -0.2) is 4.98 Å². The normalized spacial score (nSPS) is 10.4. The van der Waals surface area contributed by atoms with Crippen molar-refractivity contribution in [2.75, 3.05) is 5.32 Å². The molecule has 0 aliphatic heterocycles. The van der Waals surface area contributed by atoms with E-state index in [1.165, 1.54) is 0 Å². The SMILES string of the molecule is Cc1csc(NCc2ccc(Br)o2)n1. The zero-order valence-electron chi connectivity index (χ0n) is 7.58. The molecule has 14 heavy (non-hydrogen) atoms. The number of halogens is 1. The van der Waals surface area contributed by atoms with E-state index in [-0.39, 0.29) is 0 Å². The molecule has 0 fully saturated rings. The summed E-state index contributed by atoms with van der Waals surface area (Å²) in [5.41, 5.74) is 1.04. The number of anilines is 1. The molecule has 0 aromatic carbocycles. The van der Waals surface area contributed by atoms with E-state index in [1.807, 2.05) is 24.4 Å². The van der Waals surface area contributed by atoms with Crippen LogP contribution in [0.25, 0.3) is 0 Å². The molecule has 2 heterocycles. The lowest BCUT2D eigenvalue weighted by molar-refractivity contribution is 0.495. The van der Waals surface area contributed by atoms with E-state index in [0.29, 0.717) is 6.54 Å². The van der Waals surface area contributed by atoms with Crippen LogP contribution in [0.2, 0.25) is 0 Å². The smallest absolute Gasteiger partial charge is 0.183 e. The van der Waals surface area contributed by atoms with Crippen molar-refractivity contribution in [1.29, 1.82) is 0 Å². The second-order valence-corrected chi connectivity index (χ2v) is 4.49. The number of hydrogen-bond donors (Lipinski definition) is 1. The first-order chi connectivity index (χ1) is 6.74. The van der Waals surface area contributed by atoms with Crippen LogP contribution in [0.15, 0.2) is 26.6 Å². The Labute approximate surface area is 94.3 Å². The monoisotopic (exact) mass is 272 g/mol. The van der Waals surface area contributed by atoms with Gasteiger partial charge < -0.3 is 9.73 Å². The number of rotatable bonds is 3. The van der Waals surface area contributed by atoms with Crippen LogP contribution in [0.3, 0.4) is 0 Å². The predicted octanol–water partition coefficient (Wildman–Crippen LogP) is 3.42. The summed E-state index contributed by atoms with van der Waals surface area (Å²) in [5, 5.41) is 6.13. The maximum absolute atomic E-state index is 5.34.